The Balaban J connectivity index is 1.45. The second kappa shape index (κ2) is 11.5. The number of carboxylic acids is 1. The Labute approximate surface area is 195 Å². The molecule has 8 heteroatoms. The number of hydroxylamine groups is 1. The van der Waals surface area contributed by atoms with Crippen LogP contribution in [0.5, 0.6) is 0 Å². The molecule has 3 rings (SSSR count). The number of rotatable bonds is 11. The Morgan fingerprint density at radius 3 is 2.00 bits per heavy atom. The number of alkyl halides is 3. The highest BCUT2D eigenvalue weighted by Crippen LogP contribution is 2.31. The number of hydrogen-bond acceptors (Lipinski definition) is 4. The number of aliphatic carboxylic acids is 1. The van der Waals surface area contributed by atoms with Crippen LogP contribution in [0.2, 0.25) is 0 Å². The van der Waals surface area contributed by atoms with E-state index in [1.807, 2.05) is 48.5 Å². The number of hydrogen-bond donors (Lipinski definition) is 3. The van der Waals surface area contributed by atoms with Gasteiger partial charge in [0.2, 0.25) is 0 Å². The summed E-state index contributed by atoms with van der Waals surface area (Å²) in [4.78, 5) is 16.0. The van der Waals surface area contributed by atoms with Crippen LogP contribution in [-0.2, 0) is 29.0 Å². The van der Waals surface area contributed by atoms with Crippen LogP contribution >= 0.6 is 0 Å². The van der Waals surface area contributed by atoms with Crippen molar-refractivity contribution in [2.75, 3.05) is 6.54 Å². The van der Waals surface area contributed by atoms with Crippen LogP contribution in [0.3, 0.4) is 0 Å². The molecular weight excluding hydrogens is 445 g/mol. The first-order valence-corrected chi connectivity index (χ1v) is 10.6. The summed E-state index contributed by atoms with van der Waals surface area (Å²) in [7, 11) is 0. The Morgan fingerprint density at radius 2 is 1.44 bits per heavy atom. The number of carbonyl (C=O) groups is 1. The molecule has 3 N–H and O–H groups in total. The molecule has 0 aromatic heterocycles. The molecule has 0 bridgehead atoms. The number of nitrogens with one attached hydrogen (secondary N) is 2. The molecule has 0 unspecified atom stereocenters. The third-order valence-corrected chi connectivity index (χ3v) is 5.08. The summed E-state index contributed by atoms with van der Waals surface area (Å²) >= 11 is 0. The SMILES string of the molecule is C=C(NOCc1ccc(-c2ccc(C(F)(F)F)cc2)cc1)c1ccc(CNCCC(=O)O)cc1. The van der Waals surface area contributed by atoms with Crippen LogP contribution in [0, 0.1) is 0 Å². The Morgan fingerprint density at radius 1 is 0.882 bits per heavy atom. The van der Waals surface area contributed by atoms with Crippen molar-refractivity contribution in [3.63, 3.8) is 0 Å². The fourth-order valence-corrected chi connectivity index (χ4v) is 3.16. The zero-order valence-electron chi connectivity index (χ0n) is 18.4. The fraction of sp³-hybridized carbons (Fsp3) is 0.192. The van der Waals surface area contributed by atoms with Gasteiger partial charge in [-0.3, -0.25) is 15.1 Å². The molecule has 3 aromatic carbocycles. The third kappa shape index (κ3) is 7.47. The molecule has 0 saturated carbocycles. The maximum Gasteiger partial charge on any atom is 0.416 e. The molecule has 0 amide bonds. The van der Waals surface area contributed by atoms with E-state index in [0.29, 0.717) is 24.4 Å². The molecule has 0 fully saturated rings. The van der Waals surface area contributed by atoms with E-state index in [-0.39, 0.29) is 13.0 Å². The lowest BCUT2D eigenvalue weighted by Crippen LogP contribution is -2.17. The standard InChI is InChI=1S/C26H25F3N2O3/c1-18(21-6-2-19(3-7-21)16-30-15-14-25(32)33)31-34-17-20-4-8-22(9-5-20)23-10-12-24(13-11-23)26(27,28)29/h2-13,30-31H,1,14-17H2,(H,32,33). The van der Waals surface area contributed by atoms with E-state index in [4.69, 9.17) is 9.94 Å². The topological polar surface area (TPSA) is 70.6 Å². The van der Waals surface area contributed by atoms with Crippen molar-refractivity contribution >= 4 is 11.7 Å². The van der Waals surface area contributed by atoms with E-state index in [9.17, 15) is 18.0 Å². The Bertz CT molecular complexity index is 1090. The van der Waals surface area contributed by atoms with E-state index in [0.717, 1.165) is 34.4 Å². The zero-order valence-corrected chi connectivity index (χ0v) is 18.4. The van der Waals surface area contributed by atoms with Crippen LogP contribution in [0.15, 0.2) is 79.4 Å². The molecule has 0 saturated heterocycles. The molecule has 0 aliphatic rings. The van der Waals surface area contributed by atoms with Crippen LogP contribution in [0.4, 0.5) is 13.2 Å². The molecule has 0 heterocycles. The van der Waals surface area contributed by atoms with Crippen molar-refractivity contribution in [2.24, 2.45) is 0 Å². The molecule has 5 nitrogen and oxygen atoms in total. The summed E-state index contributed by atoms with van der Waals surface area (Å²) in [6.45, 7) is 5.22. The van der Waals surface area contributed by atoms with Gasteiger partial charge in [-0.1, -0.05) is 67.2 Å². The molecule has 3 aromatic rings. The molecule has 0 atom stereocenters. The molecular formula is C26H25F3N2O3. The maximum absolute atomic E-state index is 12.7. The quantitative estimate of drug-likeness (QED) is 0.250. The lowest BCUT2D eigenvalue weighted by molar-refractivity contribution is -0.138. The summed E-state index contributed by atoms with van der Waals surface area (Å²) in [5, 5.41) is 11.7. The minimum absolute atomic E-state index is 0.0773. The van der Waals surface area contributed by atoms with Crippen LogP contribution in [-0.4, -0.2) is 17.6 Å². The summed E-state index contributed by atoms with van der Waals surface area (Å²) in [5.41, 5.74) is 7.01. The first kappa shape index (κ1) is 25.0. The Kier molecular flexibility index (Phi) is 8.45. The van der Waals surface area contributed by atoms with E-state index in [2.05, 4.69) is 17.4 Å². The fourth-order valence-electron chi connectivity index (χ4n) is 3.16. The third-order valence-electron chi connectivity index (χ3n) is 5.08. The predicted octanol–water partition coefficient (Wildman–Crippen LogP) is 5.63. The van der Waals surface area contributed by atoms with E-state index < -0.39 is 17.7 Å². The van der Waals surface area contributed by atoms with Gasteiger partial charge in [-0.15, -0.1) is 0 Å². The van der Waals surface area contributed by atoms with Crippen molar-refractivity contribution in [1.82, 2.24) is 10.8 Å². The van der Waals surface area contributed by atoms with Crippen molar-refractivity contribution < 1.29 is 27.9 Å². The second-order valence-electron chi connectivity index (χ2n) is 7.66. The lowest BCUT2D eigenvalue weighted by atomic mass is 10.0. The highest BCUT2D eigenvalue weighted by atomic mass is 19.4. The monoisotopic (exact) mass is 470 g/mol. The van der Waals surface area contributed by atoms with Crippen molar-refractivity contribution in [1.29, 1.82) is 0 Å². The normalized spacial score (nSPS) is 11.3. The molecule has 34 heavy (non-hydrogen) atoms. The molecule has 0 aliphatic heterocycles. The van der Waals surface area contributed by atoms with Gasteiger partial charge < -0.3 is 10.4 Å². The smallest absolute Gasteiger partial charge is 0.416 e. The number of halogens is 3. The first-order valence-electron chi connectivity index (χ1n) is 10.6. The minimum Gasteiger partial charge on any atom is -0.481 e. The van der Waals surface area contributed by atoms with Crippen LogP contribution in [0.25, 0.3) is 16.8 Å². The summed E-state index contributed by atoms with van der Waals surface area (Å²) in [5.74, 6) is -0.833. The van der Waals surface area contributed by atoms with Crippen LogP contribution < -0.4 is 10.8 Å². The van der Waals surface area contributed by atoms with Gasteiger partial charge >= 0.3 is 12.1 Å². The molecule has 0 aliphatic carbocycles. The largest absolute Gasteiger partial charge is 0.481 e. The molecule has 0 radical (unpaired) electrons. The Hall–Kier alpha value is -3.62. The lowest BCUT2D eigenvalue weighted by Gasteiger charge is -2.12. The number of carboxylic acid groups (broad SMARTS) is 1. The zero-order chi connectivity index (χ0) is 24.6. The molecule has 178 valence electrons. The predicted molar refractivity (Wildman–Crippen MR) is 124 cm³/mol. The van der Waals surface area contributed by atoms with Gasteiger partial charge in [-0.2, -0.15) is 13.2 Å². The van der Waals surface area contributed by atoms with E-state index in [1.54, 1.807) is 0 Å². The molecule has 0 spiro atoms. The summed E-state index contributed by atoms with van der Waals surface area (Å²) in [6.07, 6.45) is -4.27. The van der Waals surface area contributed by atoms with Crippen molar-refractivity contribution in [3.8, 4) is 11.1 Å². The van der Waals surface area contributed by atoms with Gasteiger partial charge in [-0.05, 0) is 39.9 Å². The average molecular weight is 470 g/mol. The maximum atomic E-state index is 12.7. The second-order valence-corrected chi connectivity index (χ2v) is 7.66. The van der Waals surface area contributed by atoms with Crippen LogP contribution in [0.1, 0.15) is 28.7 Å². The number of benzene rings is 3. The van der Waals surface area contributed by atoms with Gasteiger partial charge in [0.15, 0.2) is 0 Å². The van der Waals surface area contributed by atoms with Gasteiger partial charge in [0.1, 0.15) is 0 Å². The van der Waals surface area contributed by atoms with Gasteiger partial charge in [0, 0.05) is 13.1 Å². The highest BCUT2D eigenvalue weighted by molar-refractivity contribution is 5.67. The average Bonchev–Trinajstić information content (AvgIpc) is 2.82. The highest BCUT2D eigenvalue weighted by Gasteiger charge is 2.29. The van der Waals surface area contributed by atoms with E-state index >= 15 is 0 Å². The van der Waals surface area contributed by atoms with Gasteiger partial charge in [0.05, 0.1) is 24.3 Å². The van der Waals surface area contributed by atoms with Crippen molar-refractivity contribution in [2.45, 2.75) is 25.7 Å². The van der Waals surface area contributed by atoms with Crippen molar-refractivity contribution in [3.05, 3.63) is 102 Å². The summed E-state index contributed by atoms with van der Waals surface area (Å²) < 4.78 is 38.1. The van der Waals surface area contributed by atoms with Gasteiger partial charge in [0.25, 0.3) is 0 Å². The first-order chi connectivity index (χ1) is 16.2. The minimum atomic E-state index is -4.35. The van der Waals surface area contributed by atoms with E-state index in [1.165, 1.54) is 12.1 Å². The summed E-state index contributed by atoms with van der Waals surface area (Å²) in [6, 6.07) is 20.1. The van der Waals surface area contributed by atoms with Gasteiger partial charge in [-0.25, -0.2) is 0 Å².